The smallest absolute Gasteiger partial charge is 0.394 e. The van der Waals surface area contributed by atoms with Crippen LogP contribution in [-0.4, -0.2) is 61.2 Å². The van der Waals surface area contributed by atoms with Crippen molar-refractivity contribution in [2.75, 3.05) is 6.61 Å². The van der Waals surface area contributed by atoms with E-state index in [1.54, 1.807) is 0 Å². The van der Waals surface area contributed by atoms with Crippen LogP contribution in [-0.2, 0) is 9.09 Å². The highest BCUT2D eigenvalue weighted by atomic mass is 31.2. The molecule has 8 nitrogen and oxygen atoms in total. The van der Waals surface area contributed by atoms with Crippen LogP contribution in [0, 0.1) is 0 Å². The van der Waals surface area contributed by atoms with Gasteiger partial charge in [0.2, 0.25) is 0 Å². The lowest BCUT2D eigenvalue weighted by Gasteiger charge is -2.26. The quantitative estimate of drug-likeness (QED) is 0.283. The Morgan fingerprint density at radius 1 is 1.20 bits per heavy atom. The second-order valence-corrected chi connectivity index (χ2v) is 4.22. The molecule has 0 aliphatic rings. The summed E-state index contributed by atoms with van der Waals surface area (Å²) in [5.74, 6) is 0. The Labute approximate surface area is 86.0 Å². The third kappa shape index (κ3) is 5.55. The third-order valence-electron chi connectivity index (χ3n) is 1.72. The second-order valence-electron chi connectivity index (χ2n) is 3.03. The Morgan fingerprint density at radius 3 is 2.00 bits per heavy atom. The minimum Gasteiger partial charge on any atom is -0.394 e. The van der Waals surface area contributed by atoms with E-state index in [1.807, 2.05) is 0 Å². The topological polar surface area (TPSA) is 148 Å². The number of phosphoric ester groups is 1. The molecule has 0 bridgehead atoms. The highest BCUT2D eigenvalue weighted by Crippen LogP contribution is 2.38. The molecule has 0 rings (SSSR count). The molecule has 0 aromatic rings. The van der Waals surface area contributed by atoms with Gasteiger partial charge in [0.25, 0.3) is 0 Å². The van der Waals surface area contributed by atoms with Gasteiger partial charge in [-0.15, -0.1) is 0 Å². The molecule has 0 spiro atoms. The predicted molar refractivity (Wildman–Crippen MR) is 47.7 cm³/mol. The highest BCUT2D eigenvalue weighted by Gasteiger charge is 2.32. The van der Waals surface area contributed by atoms with Gasteiger partial charge >= 0.3 is 7.82 Å². The van der Waals surface area contributed by atoms with Gasteiger partial charge in [0.15, 0.2) is 0 Å². The molecule has 6 N–H and O–H groups in total. The fourth-order valence-electron chi connectivity index (χ4n) is 0.892. The molecule has 0 saturated heterocycles. The molecule has 0 radical (unpaired) electrons. The average molecular weight is 246 g/mol. The summed E-state index contributed by atoms with van der Waals surface area (Å²) in [6.45, 7) is 0.317. The Kier molecular flexibility index (Phi) is 5.86. The third-order valence-corrected chi connectivity index (χ3v) is 2.32. The van der Waals surface area contributed by atoms with Crippen molar-refractivity contribution in [2.24, 2.45) is 0 Å². The zero-order chi connectivity index (χ0) is 12.2. The van der Waals surface area contributed by atoms with Crippen LogP contribution in [0.5, 0.6) is 0 Å². The van der Waals surface area contributed by atoms with E-state index in [2.05, 4.69) is 4.52 Å². The second kappa shape index (κ2) is 5.88. The van der Waals surface area contributed by atoms with Gasteiger partial charge in [0.1, 0.15) is 18.3 Å². The molecule has 9 heteroatoms. The van der Waals surface area contributed by atoms with E-state index in [0.29, 0.717) is 0 Å². The van der Waals surface area contributed by atoms with Crippen LogP contribution in [0.15, 0.2) is 0 Å². The Balaban J connectivity index is 4.31. The zero-order valence-corrected chi connectivity index (χ0v) is 8.86. The van der Waals surface area contributed by atoms with Gasteiger partial charge in [-0.25, -0.2) is 4.57 Å². The van der Waals surface area contributed by atoms with E-state index in [1.165, 1.54) is 0 Å². The van der Waals surface area contributed by atoms with Gasteiger partial charge in [-0.1, -0.05) is 0 Å². The molecule has 0 aromatic carbocycles. The highest BCUT2D eigenvalue weighted by molar-refractivity contribution is 7.46. The molecule has 92 valence electrons. The van der Waals surface area contributed by atoms with E-state index in [9.17, 15) is 9.67 Å². The number of phosphoric acid groups is 1. The van der Waals surface area contributed by atoms with Crippen LogP contribution in [0.2, 0.25) is 0 Å². The molecule has 0 aliphatic heterocycles. The first-order valence-corrected chi connectivity index (χ1v) is 5.61. The molecule has 4 atom stereocenters. The number of aliphatic hydroxyl groups is 4. The molecular weight excluding hydrogens is 231 g/mol. The maximum absolute atomic E-state index is 10.4. The summed E-state index contributed by atoms with van der Waals surface area (Å²) in [4.78, 5) is 16.8. The molecular formula is C6H15O8P. The SMILES string of the molecule is C[C@H](OP(=O)(O)O)[C@H](O)[C@@H](O)[C@H](O)CO. The van der Waals surface area contributed by atoms with Crippen molar-refractivity contribution in [1.82, 2.24) is 0 Å². The van der Waals surface area contributed by atoms with E-state index in [-0.39, 0.29) is 0 Å². The summed E-state index contributed by atoms with van der Waals surface area (Å²) in [6.07, 6.45) is -6.47. The fourth-order valence-corrected chi connectivity index (χ4v) is 1.45. The zero-order valence-electron chi connectivity index (χ0n) is 7.96. The van der Waals surface area contributed by atoms with Gasteiger partial charge in [0.05, 0.1) is 12.7 Å². The average Bonchev–Trinajstić information content (AvgIpc) is 2.11. The molecule has 0 heterocycles. The molecule has 0 aliphatic carbocycles. The lowest BCUT2D eigenvalue weighted by atomic mass is 10.0. The first kappa shape index (κ1) is 14.9. The molecule has 0 aromatic heterocycles. The standard InChI is InChI=1S/C6H15O8P/c1-3(14-15(11,12)13)5(9)6(10)4(8)2-7/h3-10H,2H2,1H3,(H2,11,12,13)/t3-,4+,5-,6-/m0/s1. The van der Waals surface area contributed by atoms with Gasteiger partial charge in [-0.2, -0.15) is 0 Å². The van der Waals surface area contributed by atoms with Gasteiger partial charge < -0.3 is 30.2 Å². The monoisotopic (exact) mass is 246 g/mol. The fraction of sp³-hybridized carbons (Fsp3) is 1.00. The Morgan fingerprint density at radius 2 is 1.67 bits per heavy atom. The normalized spacial score (nSPS) is 20.7. The Bertz CT molecular complexity index is 227. The number of hydrogen-bond acceptors (Lipinski definition) is 6. The van der Waals surface area contributed by atoms with Crippen molar-refractivity contribution in [3.8, 4) is 0 Å². The summed E-state index contributed by atoms with van der Waals surface area (Å²) < 4.78 is 14.5. The van der Waals surface area contributed by atoms with E-state index in [4.69, 9.17) is 25.1 Å². The van der Waals surface area contributed by atoms with Gasteiger partial charge in [-0.05, 0) is 6.92 Å². The van der Waals surface area contributed by atoms with E-state index >= 15 is 0 Å². The van der Waals surface area contributed by atoms with Crippen molar-refractivity contribution in [3.63, 3.8) is 0 Å². The molecule has 0 saturated carbocycles. The van der Waals surface area contributed by atoms with Crippen LogP contribution in [0.3, 0.4) is 0 Å². The van der Waals surface area contributed by atoms with Crippen LogP contribution in [0.4, 0.5) is 0 Å². The predicted octanol–water partition coefficient (Wildman–Crippen LogP) is -2.44. The molecule has 0 amide bonds. The maximum Gasteiger partial charge on any atom is 0.469 e. The number of hydrogen-bond donors (Lipinski definition) is 6. The van der Waals surface area contributed by atoms with Crippen LogP contribution < -0.4 is 0 Å². The number of rotatable bonds is 6. The lowest BCUT2D eigenvalue weighted by Crippen LogP contribution is -2.45. The molecule has 0 unspecified atom stereocenters. The first-order valence-electron chi connectivity index (χ1n) is 4.08. The van der Waals surface area contributed by atoms with Gasteiger partial charge in [0, 0.05) is 0 Å². The van der Waals surface area contributed by atoms with E-state index < -0.39 is 38.8 Å². The van der Waals surface area contributed by atoms with Crippen molar-refractivity contribution >= 4 is 7.82 Å². The summed E-state index contributed by atoms with van der Waals surface area (Å²) >= 11 is 0. The summed E-state index contributed by atoms with van der Waals surface area (Å²) in [7, 11) is -4.77. The van der Waals surface area contributed by atoms with Gasteiger partial charge in [-0.3, -0.25) is 4.52 Å². The van der Waals surface area contributed by atoms with E-state index in [0.717, 1.165) is 6.92 Å². The Hall–Kier alpha value is -0.0500. The maximum atomic E-state index is 10.4. The van der Waals surface area contributed by atoms with Crippen molar-refractivity contribution in [1.29, 1.82) is 0 Å². The molecule has 15 heavy (non-hydrogen) atoms. The first-order chi connectivity index (χ1) is 6.69. The minimum absolute atomic E-state index is 0.791. The minimum atomic E-state index is -4.77. The van der Waals surface area contributed by atoms with Crippen molar-refractivity contribution in [2.45, 2.75) is 31.3 Å². The van der Waals surface area contributed by atoms with Crippen LogP contribution in [0.1, 0.15) is 6.92 Å². The van der Waals surface area contributed by atoms with Crippen molar-refractivity contribution in [3.05, 3.63) is 0 Å². The summed E-state index contributed by atoms with van der Waals surface area (Å²) in [5.41, 5.74) is 0. The van der Waals surface area contributed by atoms with Crippen LogP contribution in [0.25, 0.3) is 0 Å². The largest absolute Gasteiger partial charge is 0.469 e. The number of aliphatic hydroxyl groups excluding tert-OH is 4. The lowest BCUT2D eigenvalue weighted by molar-refractivity contribution is -0.108. The van der Waals surface area contributed by atoms with Crippen molar-refractivity contribution < 1.29 is 39.3 Å². The summed E-state index contributed by atoms with van der Waals surface area (Å²) in [6, 6.07) is 0. The summed E-state index contributed by atoms with van der Waals surface area (Å²) in [5, 5.41) is 35.8. The molecule has 0 fully saturated rings. The van der Waals surface area contributed by atoms with Crippen LogP contribution >= 0.6 is 7.82 Å².